The maximum atomic E-state index is 10.3. The maximum Gasteiger partial charge on any atom is 0.228 e. The SMILES string of the molecule is Cc1cc(C[N+](=O)[O-])cc(CBr)c1O. The average Bonchev–Trinajstić information content (AvgIpc) is 2.10. The minimum absolute atomic E-state index is 0.203. The van der Waals surface area contributed by atoms with Crippen LogP contribution in [0.2, 0.25) is 0 Å². The molecule has 0 aliphatic carbocycles. The lowest BCUT2D eigenvalue weighted by molar-refractivity contribution is -0.496. The zero-order valence-electron chi connectivity index (χ0n) is 7.66. The number of hydrogen-bond donors (Lipinski definition) is 1. The number of rotatable bonds is 3. The van der Waals surface area contributed by atoms with Crippen molar-refractivity contribution >= 4 is 15.9 Å². The summed E-state index contributed by atoms with van der Waals surface area (Å²) in [5.41, 5.74) is 1.96. The van der Waals surface area contributed by atoms with E-state index in [1.54, 1.807) is 19.1 Å². The second-order valence-electron chi connectivity index (χ2n) is 3.04. The molecule has 0 saturated carbocycles. The van der Waals surface area contributed by atoms with E-state index >= 15 is 0 Å². The lowest BCUT2D eigenvalue weighted by Crippen LogP contribution is -1.99. The van der Waals surface area contributed by atoms with Crippen LogP contribution in [0.3, 0.4) is 0 Å². The third kappa shape index (κ3) is 2.45. The molecule has 1 aromatic carbocycles. The molecule has 0 aromatic heterocycles. The van der Waals surface area contributed by atoms with E-state index in [4.69, 9.17) is 0 Å². The zero-order chi connectivity index (χ0) is 10.7. The molecule has 0 atom stereocenters. The van der Waals surface area contributed by atoms with Gasteiger partial charge in [-0.2, -0.15) is 0 Å². The summed E-state index contributed by atoms with van der Waals surface area (Å²) in [6.45, 7) is 1.52. The van der Waals surface area contributed by atoms with Gasteiger partial charge in [0.2, 0.25) is 6.54 Å². The van der Waals surface area contributed by atoms with E-state index in [9.17, 15) is 15.2 Å². The van der Waals surface area contributed by atoms with Crippen molar-refractivity contribution in [3.8, 4) is 5.75 Å². The summed E-state index contributed by atoms with van der Waals surface area (Å²) < 4.78 is 0. The first-order chi connectivity index (χ1) is 6.54. The van der Waals surface area contributed by atoms with E-state index < -0.39 is 0 Å². The van der Waals surface area contributed by atoms with Gasteiger partial charge < -0.3 is 5.11 Å². The Morgan fingerprint density at radius 2 is 2.21 bits per heavy atom. The van der Waals surface area contributed by atoms with Crippen LogP contribution >= 0.6 is 15.9 Å². The second kappa shape index (κ2) is 4.41. The molecular weight excluding hydrogens is 250 g/mol. The number of phenolic OH excluding ortho intramolecular Hbond substituents is 1. The van der Waals surface area contributed by atoms with E-state index in [-0.39, 0.29) is 17.2 Å². The molecule has 0 spiro atoms. The van der Waals surface area contributed by atoms with Gasteiger partial charge in [0.05, 0.1) is 0 Å². The summed E-state index contributed by atoms with van der Waals surface area (Å²) in [6, 6.07) is 3.27. The Morgan fingerprint density at radius 1 is 1.57 bits per heavy atom. The highest BCUT2D eigenvalue weighted by Crippen LogP contribution is 2.26. The van der Waals surface area contributed by atoms with E-state index in [2.05, 4.69) is 15.9 Å². The highest BCUT2D eigenvalue weighted by Gasteiger charge is 2.09. The van der Waals surface area contributed by atoms with E-state index in [0.29, 0.717) is 22.0 Å². The van der Waals surface area contributed by atoms with Gasteiger partial charge >= 0.3 is 0 Å². The summed E-state index contributed by atoms with van der Waals surface area (Å²) in [6.07, 6.45) is 0. The quantitative estimate of drug-likeness (QED) is 0.515. The number of benzene rings is 1. The number of nitrogens with zero attached hydrogens (tertiary/aromatic N) is 1. The standard InChI is InChI=1S/C9H10BrNO3/c1-6-2-7(5-11(13)14)3-8(4-10)9(6)12/h2-3,12H,4-5H2,1H3. The van der Waals surface area contributed by atoms with E-state index in [1.807, 2.05) is 0 Å². The maximum absolute atomic E-state index is 10.3. The van der Waals surface area contributed by atoms with Gasteiger partial charge in [0.25, 0.3) is 0 Å². The number of hydrogen-bond acceptors (Lipinski definition) is 3. The van der Waals surface area contributed by atoms with Crippen LogP contribution in [-0.2, 0) is 11.9 Å². The van der Waals surface area contributed by atoms with E-state index in [0.717, 1.165) is 0 Å². The number of aromatic hydroxyl groups is 1. The zero-order valence-corrected chi connectivity index (χ0v) is 9.24. The topological polar surface area (TPSA) is 63.4 Å². The Labute approximate surface area is 89.8 Å². The average molecular weight is 260 g/mol. The summed E-state index contributed by atoms with van der Waals surface area (Å²) in [4.78, 5) is 9.91. The van der Waals surface area contributed by atoms with Crippen molar-refractivity contribution in [3.05, 3.63) is 38.9 Å². The van der Waals surface area contributed by atoms with Gasteiger partial charge in [-0.15, -0.1) is 0 Å². The van der Waals surface area contributed by atoms with Gasteiger partial charge in [0, 0.05) is 21.4 Å². The fourth-order valence-corrected chi connectivity index (χ4v) is 1.70. The molecule has 14 heavy (non-hydrogen) atoms. The van der Waals surface area contributed by atoms with Crippen molar-refractivity contribution in [1.82, 2.24) is 0 Å². The molecule has 0 aliphatic rings. The van der Waals surface area contributed by atoms with Gasteiger partial charge in [-0.3, -0.25) is 10.1 Å². The van der Waals surface area contributed by atoms with Crippen molar-refractivity contribution in [2.45, 2.75) is 18.8 Å². The van der Waals surface area contributed by atoms with Gasteiger partial charge in [-0.1, -0.05) is 15.9 Å². The highest BCUT2D eigenvalue weighted by atomic mass is 79.9. The van der Waals surface area contributed by atoms with Gasteiger partial charge in [-0.25, -0.2) is 0 Å². The molecular formula is C9H10BrNO3. The molecule has 4 nitrogen and oxygen atoms in total. The largest absolute Gasteiger partial charge is 0.507 e. The number of halogens is 1. The summed E-state index contributed by atoms with van der Waals surface area (Å²) >= 11 is 3.21. The molecule has 0 radical (unpaired) electrons. The van der Waals surface area contributed by atoms with Crippen LogP contribution in [0.5, 0.6) is 5.75 Å². The smallest absolute Gasteiger partial charge is 0.228 e. The lowest BCUT2D eigenvalue weighted by atomic mass is 10.1. The third-order valence-corrected chi connectivity index (χ3v) is 2.50. The molecule has 1 aromatic rings. The minimum Gasteiger partial charge on any atom is -0.507 e. The van der Waals surface area contributed by atoms with Crippen molar-refractivity contribution in [2.24, 2.45) is 0 Å². The van der Waals surface area contributed by atoms with Crippen molar-refractivity contribution in [2.75, 3.05) is 0 Å². The Kier molecular flexibility index (Phi) is 3.46. The van der Waals surface area contributed by atoms with Crippen LogP contribution in [0.15, 0.2) is 12.1 Å². The second-order valence-corrected chi connectivity index (χ2v) is 3.61. The Morgan fingerprint density at radius 3 is 2.71 bits per heavy atom. The Balaban J connectivity index is 3.09. The molecule has 1 N–H and O–H groups in total. The Hall–Kier alpha value is -1.10. The summed E-state index contributed by atoms with van der Waals surface area (Å²) in [7, 11) is 0. The van der Waals surface area contributed by atoms with Crippen LogP contribution in [0, 0.1) is 17.0 Å². The number of phenols is 1. The van der Waals surface area contributed by atoms with Gasteiger partial charge in [0.1, 0.15) is 5.75 Å². The Bertz CT molecular complexity index is 365. The van der Waals surface area contributed by atoms with Crippen molar-refractivity contribution < 1.29 is 10.0 Å². The predicted octanol–water partition coefficient (Wildman–Crippen LogP) is 2.37. The fourth-order valence-electron chi connectivity index (χ4n) is 1.28. The minimum atomic E-state index is -0.385. The first-order valence-corrected chi connectivity index (χ1v) is 5.16. The highest BCUT2D eigenvalue weighted by molar-refractivity contribution is 9.08. The van der Waals surface area contributed by atoms with Crippen LogP contribution in [0.25, 0.3) is 0 Å². The number of aryl methyl sites for hydroxylation is 1. The molecule has 0 aliphatic heterocycles. The predicted molar refractivity (Wildman–Crippen MR) is 56.2 cm³/mol. The first kappa shape index (κ1) is 11.0. The molecule has 0 amide bonds. The van der Waals surface area contributed by atoms with Crippen LogP contribution in [-0.4, -0.2) is 10.0 Å². The number of alkyl halides is 1. The third-order valence-electron chi connectivity index (χ3n) is 1.89. The molecule has 1 rings (SSSR count). The molecule has 0 fully saturated rings. The van der Waals surface area contributed by atoms with Crippen molar-refractivity contribution in [1.29, 1.82) is 0 Å². The normalized spacial score (nSPS) is 10.1. The molecule has 5 heteroatoms. The van der Waals surface area contributed by atoms with Crippen LogP contribution < -0.4 is 0 Å². The van der Waals surface area contributed by atoms with Crippen LogP contribution in [0.4, 0.5) is 0 Å². The number of nitro groups is 1. The summed E-state index contributed by atoms with van der Waals surface area (Å²) in [5.74, 6) is 0.203. The lowest BCUT2D eigenvalue weighted by Gasteiger charge is -2.06. The fraction of sp³-hybridized carbons (Fsp3) is 0.333. The van der Waals surface area contributed by atoms with Crippen molar-refractivity contribution in [3.63, 3.8) is 0 Å². The van der Waals surface area contributed by atoms with Gasteiger partial charge in [0.15, 0.2) is 0 Å². The molecule has 0 bridgehead atoms. The molecule has 0 heterocycles. The molecule has 0 unspecified atom stereocenters. The molecule has 0 saturated heterocycles. The first-order valence-electron chi connectivity index (χ1n) is 4.03. The monoisotopic (exact) mass is 259 g/mol. The van der Waals surface area contributed by atoms with Gasteiger partial charge in [-0.05, 0) is 24.6 Å². The summed E-state index contributed by atoms with van der Waals surface area (Å²) in [5, 5.41) is 20.3. The molecule has 76 valence electrons. The van der Waals surface area contributed by atoms with E-state index in [1.165, 1.54) is 0 Å². The van der Waals surface area contributed by atoms with Crippen LogP contribution in [0.1, 0.15) is 16.7 Å².